The number of nitrogens with zero attached hydrogens (tertiary/aromatic N) is 2. The maximum atomic E-state index is 9.65. The van der Waals surface area contributed by atoms with Crippen molar-refractivity contribution in [1.82, 2.24) is 9.80 Å². The van der Waals surface area contributed by atoms with Gasteiger partial charge in [0.1, 0.15) is 0 Å². The highest BCUT2D eigenvalue weighted by molar-refractivity contribution is 6.33. The second kappa shape index (κ2) is 8.61. The van der Waals surface area contributed by atoms with Gasteiger partial charge in [0.2, 0.25) is 0 Å². The van der Waals surface area contributed by atoms with Crippen LogP contribution in [0.15, 0.2) is 12.1 Å². The third-order valence-electron chi connectivity index (χ3n) is 4.33. The lowest BCUT2D eigenvalue weighted by molar-refractivity contribution is 0.218. The van der Waals surface area contributed by atoms with Gasteiger partial charge < -0.3 is 20.0 Å². The summed E-state index contributed by atoms with van der Waals surface area (Å²) < 4.78 is 0. The van der Waals surface area contributed by atoms with Crippen LogP contribution in [0.25, 0.3) is 0 Å². The summed E-state index contributed by atoms with van der Waals surface area (Å²) >= 11 is 6.06. The predicted octanol–water partition coefficient (Wildman–Crippen LogP) is 3.45. The van der Waals surface area contributed by atoms with Crippen molar-refractivity contribution in [2.24, 2.45) is 0 Å². The van der Waals surface area contributed by atoms with Gasteiger partial charge in [0.25, 0.3) is 0 Å². The standard InChI is InChI=1S/C17H27ClN2O2/c1-19(9-5-6-12-20-10-3-2-4-11-20)13-14-7-8-15(21)17(22)16(14)18/h7-8,21-22H,2-6,9-13H2,1H3. The van der Waals surface area contributed by atoms with Crippen molar-refractivity contribution >= 4 is 11.6 Å². The number of likely N-dealkylation sites (tertiary alicyclic amines) is 1. The van der Waals surface area contributed by atoms with Gasteiger partial charge >= 0.3 is 0 Å². The van der Waals surface area contributed by atoms with E-state index >= 15 is 0 Å². The molecule has 5 heteroatoms. The zero-order valence-electron chi connectivity index (χ0n) is 13.4. The lowest BCUT2D eigenvalue weighted by atomic mass is 10.1. The van der Waals surface area contributed by atoms with Gasteiger partial charge in [-0.25, -0.2) is 0 Å². The molecule has 2 N–H and O–H groups in total. The normalized spacial score (nSPS) is 16.3. The van der Waals surface area contributed by atoms with Gasteiger partial charge in [0, 0.05) is 6.54 Å². The second-order valence-electron chi connectivity index (χ2n) is 6.25. The summed E-state index contributed by atoms with van der Waals surface area (Å²) in [6.07, 6.45) is 6.47. The second-order valence-corrected chi connectivity index (χ2v) is 6.63. The molecule has 1 saturated heterocycles. The largest absolute Gasteiger partial charge is 0.504 e. The fraction of sp³-hybridized carbons (Fsp3) is 0.647. The lowest BCUT2D eigenvalue weighted by Crippen LogP contribution is -2.31. The van der Waals surface area contributed by atoms with Crippen molar-refractivity contribution in [1.29, 1.82) is 0 Å². The number of halogens is 1. The number of piperidine rings is 1. The third-order valence-corrected chi connectivity index (χ3v) is 4.75. The van der Waals surface area contributed by atoms with Crippen molar-refractivity contribution < 1.29 is 10.2 Å². The Kier molecular flexibility index (Phi) is 6.80. The highest BCUT2D eigenvalue weighted by Crippen LogP contribution is 2.35. The Hall–Kier alpha value is -0.970. The molecule has 2 rings (SSSR count). The molecule has 0 spiro atoms. The Balaban J connectivity index is 1.69. The average molecular weight is 327 g/mol. The Morgan fingerprint density at radius 2 is 1.86 bits per heavy atom. The number of benzene rings is 1. The minimum absolute atomic E-state index is 0.169. The molecule has 1 heterocycles. The summed E-state index contributed by atoms with van der Waals surface area (Å²) in [5.74, 6) is -0.393. The van der Waals surface area contributed by atoms with Gasteiger partial charge in [-0.1, -0.05) is 24.1 Å². The summed E-state index contributed by atoms with van der Waals surface area (Å²) in [5.41, 5.74) is 0.843. The first kappa shape index (κ1) is 17.4. The number of phenolic OH excluding ortho intramolecular Hbond substituents is 2. The van der Waals surface area contributed by atoms with E-state index in [-0.39, 0.29) is 16.5 Å². The van der Waals surface area contributed by atoms with Crippen LogP contribution in [0.1, 0.15) is 37.7 Å². The van der Waals surface area contributed by atoms with Crippen LogP contribution in [0.3, 0.4) is 0 Å². The third kappa shape index (κ3) is 5.04. The van der Waals surface area contributed by atoms with E-state index in [0.717, 1.165) is 18.5 Å². The van der Waals surface area contributed by atoms with E-state index in [9.17, 15) is 10.2 Å². The van der Waals surface area contributed by atoms with Crippen LogP contribution >= 0.6 is 11.6 Å². The van der Waals surface area contributed by atoms with Gasteiger partial charge in [-0.15, -0.1) is 0 Å². The zero-order valence-corrected chi connectivity index (χ0v) is 14.1. The van der Waals surface area contributed by atoms with Crippen LogP contribution in [0.5, 0.6) is 11.5 Å². The minimum Gasteiger partial charge on any atom is -0.504 e. The summed E-state index contributed by atoms with van der Waals surface area (Å²) in [6, 6.07) is 3.25. The summed E-state index contributed by atoms with van der Waals surface area (Å²) in [5, 5.41) is 19.3. The number of unbranched alkanes of at least 4 members (excludes halogenated alkanes) is 1. The zero-order chi connectivity index (χ0) is 15.9. The van der Waals surface area contributed by atoms with E-state index in [1.54, 1.807) is 6.07 Å². The van der Waals surface area contributed by atoms with E-state index in [1.807, 2.05) is 0 Å². The molecule has 0 aromatic heterocycles. The lowest BCUT2D eigenvalue weighted by Gasteiger charge is -2.26. The molecule has 124 valence electrons. The van der Waals surface area contributed by atoms with Crippen molar-refractivity contribution in [2.75, 3.05) is 33.2 Å². The van der Waals surface area contributed by atoms with E-state index in [4.69, 9.17) is 11.6 Å². The molecule has 0 bridgehead atoms. The molecule has 0 amide bonds. The predicted molar refractivity (Wildman–Crippen MR) is 90.6 cm³/mol. The molecule has 1 aliphatic heterocycles. The van der Waals surface area contributed by atoms with Crippen LogP contribution in [0, 0.1) is 0 Å². The maximum Gasteiger partial charge on any atom is 0.176 e. The highest BCUT2D eigenvalue weighted by atomic mass is 35.5. The van der Waals surface area contributed by atoms with E-state index in [0.29, 0.717) is 6.54 Å². The molecule has 0 aliphatic carbocycles. The van der Waals surface area contributed by atoms with E-state index < -0.39 is 0 Å². The summed E-state index contributed by atoms with van der Waals surface area (Å²) in [7, 11) is 2.06. The molecule has 0 radical (unpaired) electrons. The highest BCUT2D eigenvalue weighted by Gasteiger charge is 2.12. The molecule has 4 nitrogen and oxygen atoms in total. The molecule has 1 aromatic rings. The van der Waals surface area contributed by atoms with Crippen molar-refractivity contribution in [3.8, 4) is 11.5 Å². The van der Waals surface area contributed by atoms with Crippen LogP contribution in [0.4, 0.5) is 0 Å². The number of aromatic hydroxyl groups is 2. The van der Waals surface area contributed by atoms with Gasteiger partial charge in [-0.3, -0.25) is 0 Å². The minimum atomic E-state index is -0.224. The van der Waals surface area contributed by atoms with Crippen LogP contribution in [-0.4, -0.2) is 53.2 Å². The van der Waals surface area contributed by atoms with E-state index in [1.165, 1.54) is 51.4 Å². The molecular formula is C17H27ClN2O2. The fourth-order valence-electron chi connectivity index (χ4n) is 2.99. The first-order valence-corrected chi connectivity index (χ1v) is 8.56. The molecule has 1 aromatic carbocycles. The first-order chi connectivity index (χ1) is 10.6. The summed E-state index contributed by atoms with van der Waals surface area (Å²) in [4.78, 5) is 4.77. The first-order valence-electron chi connectivity index (χ1n) is 8.18. The van der Waals surface area contributed by atoms with Gasteiger partial charge in [0.05, 0.1) is 5.02 Å². The van der Waals surface area contributed by atoms with Gasteiger partial charge in [0.15, 0.2) is 11.5 Å². The fourth-order valence-corrected chi connectivity index (χ4v) is 3.21. The molecule has 0 unspecified atom stereocenters. The smallest absolute Gasteiger partial charge is 0.176 e. The van der Waals surface area contributed by atoms with Crippen molar-refractivity contribution in [3.63, 3.8) is 0 Å². The monoisotopic (exact) mass is 326 g/mol. The quantitative estimate of drug-likeness (QED) is 0.595. The topological polar surface area (TPSA) is 46.9 Å². The van der Waals surface area contributed by atoms with Gasteiger partial charge in [-0.2, -0.15) is 0 Å². The number of phenols is 2. The number of hydrogen-bond donors (Lipinski definition) is 2. The number of rotatable bonds is 7. The SMILES string of the molecule is CN(CCCCN1CCCCC1)Cc1ccc(O)c(O)c1Cl. The molecular weight excluding hydrogens is 300 g/mol. The molecule has 22 heavy (non-hydrogen) atoms. The van der Waals surface area contributed by atoms with Crippen LogP contribution in [0.2, 0.25) is 5.02 Å². The Morgan fingerprint density at radius 1 is 1.14 bits per heavy atom. The van der Waals surface area contributed by atoms with Crippen molar-refractivity contribution in [2.45, 2.75) is 38.6 Å². The summed E-state index contributed by atoms with van der Waals surface area (Å²) in [6.45, 7) is 5.41. The number of hydrogen-bond acceptors (Lipinski definition) is 4. The van der Waals surface area contributed by atoms with E-state index in [2.05, 4.69) is 16.8 Å². The molecule has 0 saturated carbocycles. The van der Waals surface area contributed by atoms with Crippen molar-refractivity contribution in [3.05, 3.63) is 22.7 Å². The van der Waals surface area contributed by atoms with Crippen LogP contribution < -0.4 is 0 Å². The maximum absolute atomic E-state index is 9.65. The van der Waals surface area contributed by atoms with Gasteiger partial charge in [-0.05, 0) is 70.5 Å². The molecule has 1 fully saturated rings. The Morgan fingerprint density at radius 3 is 2.59 bits per heavy atom. The van der Waals surface area contributed by atoms with Crippen LogP contribution in [-0.2, 0) is 6.54 Å². The molecule has 0 atom stereocenters. The Labute approximate surface area is 138 Å². The average Bonchev–Trinajstić information content (AvgIpc) is 2.53. The molecule has 1 aliphatic rings. The Bertz CT molecular complexity index is 476.